The summed E-state index contributed by atoms with van der Waals surface area (Å²) >= 11 is 0. The lowest BCUT2D eigenvalue weighted by Gasteiger charge is -2.19. The van der Waals surface area contributed by atoms with Crippen molar-refractivity contribution in [1.29, 1.82) is 0 Å². The highest BCUT2D eigenvalue weighted by molar-refractivity contribution is 7.47. The first-order valence-corrected chi connectivity index (χ1v) is 13.5. The number of carbonyl (C=O) groups is 2. The van der Waals surface area contributed by atoms with Crippen LogP contribution in [0, 0.1) is 0 Å². The Morgan fingerprint density at radius 1 is 0.812 bits per heavy atom. The van der Waals surface area contributed by atoms with Gasteiger partial charge in [0.05, 0.1) is 13.2 Å². The van der Waals surface area contributed by atoms with Crippen molar-refractivity contribution in [2.75, 3.05) is 26.4 Å². The zero-order valence-electron chi connectivity index (χ0n) is 19.9. The molecule has 0 saturated heterocycles. The van der Waals surface area contributed by atoms with Crippen molar-refractivity contribution < 1.29 is 37.6 Å². The molecule has 0 aromatic carbocycles. The van der Waals surface area contributed by atoms with E-state index < -0.39 is 32.5 Å². The molecule has 9 nitrogen and oxygen atoms in total. The summed E-state index contributed by atoms with van der Waals surface area (Å²) in [5.74, 6) is -0.875. The molecule has 32 heavy (non-hydrogen) atoms. The number of rotatable bonds is 22. The molecule has 0 amide bonds. The summed E-state index contributed by atoms with van der Waals surface area (Å²) in [5, 5.41) is 0. The summed E-state index contributed by atoms with van der Waals surface area (Å²) in [4.78, 5) is 33.5. The van der Waals surface area contributed by atoms with Crippen LogP contribution in [0.15, 0.2) is 0 Å². The van der Waals surface area contributed by atoms with E-state index in [4.69, 9.17) is 19.7 Å². The Hall–Kier alpha value is -0.990. The Kier molecular flexibility index (Phi) is 20.0. The third-order valence-corrected chi connectivity index (χ3v) is 5.73. The lowest BCUT2D eigenvalue weighted by molar-refractivity contribution is -0.161. The van der Waals surface area contributed by atoms with Crippen LogP contribution < -0.4 is 5.73 Å². The van der Waals surface area contributed by atoms with Gasteiger partial charge in [0, 0.05) is 19.4 Å². The second kappa shape index (κ2) is 20.6. The second-order valence-corrected chi connectivity index (χ2v) is 9.32. The Balaban J connectivity index is 4.25. The molecule has 0 saturated carbocycles. The molecule has 0 rings (SSSR count). The highest BCUT2D eigenvalue weighted by Gasteiger charge is 2.25. The topological polar surface area (TPSA) is 134 Å². The maximum absolute atomic E-state index is 12.0. The number of hydrogen-bond acceptors (Lipinski definition) is 8. The Bertz CT molecular complexity index is 532. The molecule has 0 aliphatic heterocycles. The van der Waals surface area contributed by atoms with Gasteiger partial charge >= 0.3 is 19.8 Å². The van der Waals surface area contributed by atoms with E-state index in [0.717, 1.165) is 25.7 Å². The molecule has 0 aliphatic carbocycles. The van der Waals surface area contributed by atoms with Gasteiger partial charge in [-0.1, -0.05) is 71.6 Å². The van der Waals surface area contributed by atoms with Crippen molar-refractivity contribution >= 4 is 19.8 Å². The number of ether oxygens (including phenoxy) is 2. The van der Waals surface area contributed by atoms with Gasteiger partial charge in [0.2, 0.25) is 0 Å². The van der Waals surface area contributed by atoms with Crippen LogP contribution in [0.2, 0.25) is 0 Å². The third kappa shape index (κ3) is 19.7. The molecule has 3 N–H and O–H groups in total. The fourth-order valence-electron chi connectivity index (χ4n) is 2.90. The molecule has 190 valence electrons. The highest BCUT2D eigenvalue weighted by Crippen LogP contribution is 2.43. The van der Waals surface area contributed by atoms with E-state index in [1.807, 2.05) is 6.92 Å². The number of esters is 2. The minimum atomic E-state index is -4.32. The van der Waals surface area contributed by atoms with Crippen molar-refractivity contribution in [3.63, 3.8) is 0 Å². The molecule has 0 aliphatic rings. The largest absolute Gasteiger partial charge is 0.472 e. The van der Waals surface area contributed by atoms with Gasteiger partial charge < -0.3 is 20.1 Å². The summed E-state index contributed by atoms with van der Waals surface area (Å²) in [6.45, 7) is 3.38. The van der Waals surface area contributed by atoms with Crippen molar-refractivity contribution in [3.8, 4) is 0 Å². The predicted octanol–water partition coefficient (Wildman–Crippen LogP) is 4.64. The Morgan fingerprint density at radius 3 is 1.97 bits per heavy atom. The SMILES string of the molecule is CCCCCCCCCCCC(=O)OC[C@H](COP(=O)(O)OCCN)OC(=O)CCCC. The molecule has 0 bridgehead atoms. The van der Waals surface area contributed by atoms with Crippen LogP contribution >= 0.6 is 7.82 Å². The maximum Gasteiger partial charge on any atom is 0.472 e. The summed E-state index contributed by atoms with van der Waals surface area (Å²) in [6.07, 6.45) is 11.3. The van der Waals surface area contributed by atoms with Gasteiger partial charge in [0.15, 0.2) is 6.10 Å². The van der Waals surface area contributed by atoms with E-state index in [1.165, 1.54) is 38.5 Å². The van der Waals surface area contributed by atoms with Gasteiger partial charge in [-0.3, -0.25) is 18.6 Å². The fourth-order valence-corrected chi connectivity index (χ4v) is 3.67. The van der Waals surface area contributed by atoms with Crippen LogP contribution in [0.5, 0.6) is 0 Å². The lowest BCUT2D eigenvalue weighted by atomic mass is 10.1. The first-order chi connectivity index (χ1) is 15.3. The Morgan fingerprint density at radius 2 is 1.38 bits per heavy atom. The first kappa shape index (κ1) is 31.0. The van der Waals surface area contributed by atoms with Crippen LogP contribution in [-0.2, 0) is 32.7 Å². The van der Waals surface area contributed by atoms with E-state index in [0.29, 0.717) is 6.42 Å². The lowest BCUT2D eigenvalue weighted by Crippen LogP contribution is -2.29. The maximum atomic E-state index is 12.0. The Labute approximate surface area is 193 Å². The molecule has 0 heterocycles. The number of phosphoric acid groups is 1. The van der Waals surface area contributed by atoms with Crippen LogP contribution in [0.25, 0.3) is 0 Å². The molecule has 10 heteroatoms. The molecule has 0 aromatic rings. The molecule has 0 fully saturated rings. The van der Waals surface area contributed by atoms with Gasteiger partial charge in [-0.05, 0) is 12.8 Å². The number of hydrogen-bond donors (Lipinski definition) is 2. The molecule has 0 radical (unpaired) electrons. The summed E-state index contributed by atoms with van der Waals surface area (Å²) in [7, 11) is -4.32. The molecular formula is C22H44NO8P. The fraction of sp³-hybridized carbons (Fsp3) is 0.909. The standard InChI is InChI=1S/C22H44NO8P/c1-3-5-7-8-9-10-11-12-13-15-21(24)28-18-20(31-22(25)14-6-4-2)19-30-32(26,27)29-17-16-23/h20H,3-19,23H2,1-2H3,(H,26,27)/t20-/m1/s1. The van der Waals surface area contributed by atoms with Gasteiger partial charge in [-0.25, -0.2) is 4.57 Å². The van der Waals surface area contributed by atoms with E-state index >= 15 is 0 Å². The molecular weight excluding hydrogens is 437 g/mol. The first-order valence-electron chi connectivity index (χ1n) is 12.0. The molecule has 1 unspecified atom stereocenters. The zero-order valence-corrected chi connectivity index (χ0v) is 20.8. The molecule has 0 aromatic heterocycles. The van der Waals surface area contributed by atoms with Gasteiger partial charge in [0.25, 0.3) is 0 Å². The summed E-state index contributed by atoms with van der Waals surface area (Å²) in [6, 6.07) is 0. The van der Waals surface area contributed by atoms with Crippen molar-refractivity contribution in [2.24, 2.45) is 5.73 Å². The number of phosphoric ester groups is 1. The average molecular weight is 482 g/mol. The zero-order chi connectivity index (χ0) is 24.1. The van der Waals surface area contributed by atoms with Crippen LogP contribution in [-0.4, -0.2) is 49.3 Å². The van der Waals surface area contributed by atoms with Crippen LogP contribution in [0.1, 0.15) is 97.3 Å². The normalized spacial score (nSPS) is 14.0. The number of unbranched alkanes of at least 4 members (excludes halogenated alkanes) is 9. The van der Waals surface area contributed by atoms with Crippen LogP contribution in [0.3, 0.4) is 0 Å². The third-order valence-electron chi connectivity index (χ3n) is 4.74. The quantitative estimate of drug-likeness (QED) is 0.129. The number of nitrogens with two attached hydrogens (primary N) is 1. The average Bonchev–Trinajstić information content (AvgIpc) is 2.77. The monoisotopic (exact) mass is 481 g/mol. The van der Waals surface area contributed by atoms with E-state index in [1.54, 1.807) is 0 Å². The van der Waals surface area contributed by atoms with E-state index in [9.17, 15) is 19.0 Å². The number of carbonyl (C=O) groups excluding carboxylic acids is 2. The van der Waals surface area contributed by atoms with Gasteiger partial charge in [0.1, 0.15) is 6.61 Å². The van der Waals surface area contributed by atoms with Crippen LogP contribution in [0.4, 0.5) is 0 Å². The van der Waals surface area contributed by atoms with E-state index in [2.05, 4.69) is 11.4 Å². The predicted molar refractivity (Wildman–Crippen MR) is 123 cm³/mol. The molecule has 2 atom stereocenters. The van der Waals surface area contributed by atoms with Gasteiger partial charge in [-0.2, -0.15) is 0 Å². The second-order valence-electron chi connectivity index (χ2n) is 7.86. The smallest absolute Gasteiger partial charge is 0.462 e. The molecule has 0 spiro atoms. The highest BCUT2D eigenvalue weighted by atomic mass is 31.2. The van der Waals surface area contributed by atoms with Crippen molar-refractivity contribution in [2.45, 2.75) is 103 Å². The van der Waals surface area contributed by atoms with Gasteiger partial charge in [-0.15, -0.1) is 0 Å². The minimum absolute atomic E-state index is 0.0554. The van der Waals surface area contributed by atoms with E-state index in [-0.39, 0.29) is 32.6 Å². The van der Waals surface area contributed by atoms with Crippen molar-refractivity contribution in [3.05, 3.63) is 0 Å². The van der Waals surface area contributed by atoms with Crippen molar-refractivity contribution in [1.82, 2.24) is 0 Å². The summed E-state index contributed by atoms with van der Waals surface area (Å²) in [5.41, 5.74) is 5.24. The minimum Gasteiger partial charge on any atom is -0.462 e. The summed E-state index contributed by atoms with van der Waals surface area (Å²) < 4.78 is 31.7.